The number of hydrogen-bond acceptors (Lipinski definition) is 5. The molecule has 2 aromatic carbocycles. The zero-order chi connectivity index (χ0) is 25.9. The zero-order valence-electron chi connectivity index (χ0n) is 20.7. The normalized spacial score (nSPS) is 15.4. The number of piperazine rings is 1. The standard InChI is InChI=1S/C28H27N5O4/c1-19-17-31(11-12-32(19)28(35)30-23-8-6-20(16-29)7-9-23)26(34)25-15-22-10-13-37-27(22)33(25)18-21-4-3-5-24(14-21)36-2/h3-10,13-15,19H,11-12,17-18H2,1-2H3,(H,30,35). The smallest absolute Gasteiger partial charge is 0.322 e. The predicted molar refractivity (Wildman–Crippen MR) is 139 cm³/mol. The first kappa shape index (κ1) is 24.0. The highest BCUT2D eigenvalue weighted by Crippen LogP contribution is 2.26. The fraction of sp³-hybridized carbons (Fsp3) is 0.250. The Labute approximate surface area is 214 Å². The first-order valence-corrected chi connectivity index (χ1v) is 12.0. The van der Waals surface area contributed by atoms with E-state index in [2.05, 4.69) is 11.4 Å². The average Bonchev–Trinajstić information content (AvgIpc) is 3.51. The number of furan rings is 1. The minimum Gasteiger partial charge on any atom is -0.497 e. The first-order chi connectivity index (χ1) is 18.0. The highest BCUT2D eigenvalue weighted by Gasteiger charge is 2.32. The van der Waals surface area contributed by atoms with Gasteiger partial charge in [-0.3, -0.25) is 4.79 Å². The molecule has 9 nitrogen and oxygen atoms in total. The Balaban J connectivity index is 1.30. The van der Waals surface area contributed by atoms with Crippen molar-refractivity contribution >= 4 is 28.7 Å². The fourth-order valence-electron chi connectivity index (χ4n) is 4.69. The van der Waals surface area contributed by atoms with Gasteiger partial charge in [-0.15, -0.1) is 0 Å². The van der Waals surface area contributed by atoms with Crippen LogP contribution in [0.15, 0.2) is 71.3 Å². The lowest BCUT2D eigenvalue weighted by molar-refractivity contribution is 0.0582. The van der Waals surface area contributed by atoms with E-state index < -0.39 is 0 Å². The molecule has 2 aromatic heterocycles. The SMILES string of the molecule is COc1cccc(Cn2c(C(=O)N3CCN(C(=O)Nc4ccc(C#N)cc4)C(C)C3)cc3ccoc32)c1. The van der Waals surface area contributed by atoms with E-state index in [0.717, 1.165) is 16.7 Å². The van der Waals surface area contributed by atoms with Crippen molar-refractivity contribution in [3.63, 3.8) is 0 Å². The van der Waals surface area contributed by atoms with E-state index in [9.17, 15) is 9.59 Å². The molecule has 0 saturated carbocycles. The maximum Gasteiger partial charge on any atom is 0.322 e. The van der Waals surface area contributed by atoms with Crippen LogP contribution < -0.4 is 10.1 Å². The fourth-order valence-corrected chi connectivity index (χ4v) is 4.69. The molecule has 37 heavy (non-hydrogen) atoms. The molecule has 9 heteroatoms. The number of ether oxygens (including phenoxy) is 1. The van der Waals surface area contributed by atoms with E-state index in [4.69, 9.17) is 14.4 Å². The molecular weight excluding hydrogens is 470 g/mol. The van der Waals surface area contributed by atoms with Gasteiger partial charge in [0.15, 0.2) is 0 Å². The number of rotatable bonds is 5. The summed E-state index contributed by atoms with van der Waals surface area (Å²) < 4.78 is 13.0. The van der Waals surface area contributed by atoms with E-state index >= 15 is 0 Å². The van der Waals surface area contributed by atoms with Crippen LogP contribution in [0, 0.1) is 11.3 Å². The number of urea groups is 1. The molecule has 1 aliphatic rings. The first-order valence-electron chi connectivity index (χ1n) is 12.0. The molecule has 1 aliphatic heterocycles. The summed E-state index contributed by atoms with van der Waals surface area (Å²) in [4.78, 5) is 30.1. The van der Waals surface area contributed by atoms with Gasteiger partial charge in [0.25, 0.3) is 5.91 Å². The number of nitrogens with zero attached hydrogens (tertiary/aromatic N) is 4. The maximum absolute atomic E-state index is 13.7. The quantitative estimate of drug-likeness (QED) is 0.436. The molecule has 1 N–H and O–H groups in total. The van der Waals surface area contributed by atoms with Crippen molar-refractivity contribution in [1.82, 2.24) is 14.4 Å². The summed E-state index contributed by atoms with van der Waals surface area (Å²) >= 11 is 0. The van der Waals surface area contributed by atoms with Crippen LogP contribution in [0.3, 0.4) is 0 Å². The Bertz CT molecular complexity index is 1480. The number of nitrogens with one attached hydrogen (secondary N) is 1. The van der Waals surface area contributed by atoms with Crippen molar-refractivity contribution < 1.29 is 18.7 Å². The number of amides is 3. The second kappa shape index (κ2) is 10.1. The summed E-state index contributed by atoms with van der Waals surface area (Å²) in [7, 11) is 1.62. The predicted octanol–water partition coefficient (Wildman–Crippen LogP) is 4.54. The van der Waals surface area contributed by atoms with E-state index in [-0.39, 0.29) is 18.0 Å². The molecule has 5 rings (SSSR count). The lowest BCUT2D eigenvalue weighted by Crippen LogP contribution is -2.56. The average molecular weight is 498 g/mol. The molecule has 0 radical (unpaired) electrons. The minimum atomic E-state index is -0.233. The molecule has 3 heterocycles. The third kappa shape index (κ3) is 4.86. The van der Waals surface area contributed by atoms with Crippen molar-refractivity contribution in [3.05, 3.63) is 83.7 Å². The van der Waals surface area contributed by atoms with Gasteiger partial charge in [0.1, 0.15) is 11.4 Å². The van der Waals surface area contributed by atoms with Gasteiger partial charge in [-0.05, 0) is 61.0 Å². The Hall–Kier alpha value is -4.71. The van der Waals surface area contributed by atoms with Crippen molar-refractivity contribution in [3.8, 4) is 11.8 Å². The van der Waals surface area contributed by atoms with Crippen molar-refractivity contribution in [2.75, 3.05) is 32.1 Å². The molecule has 0 aliphatic carbocycles. The third-order valence-corrected chi connectivity index (χ3v) is 6.64. The van der Waals surface area contributed by atoms with E-state index in [1.54, 1.807) is 47.4 Å². The number of methoxy groups -OCH3 is 1. The Kier molecular flexibility index (Phi) is 6.56. The minimum absolute atomic E-state index is 0.103. The van der Waals surface area contributed by atoms with Gasteiger partial charge in [0.05, 0.1) is 31.6 Å². The lowest BCUT2D eigenvalue weighted by Gasteiger charge is -2.39. The number of nitriles is 1. The highest BCUT2D eigenvalue weighted by molar-refractivity contribution is 5.98. The molecule has 0 spiro atoms. The van der Waals surface area contributed by atoms with Gasteiger partial charge in [-0.1, -0.05) is 12.1 Å². The van der Waals surface area contributed by atoms with Crippen LogP contribution in [-0.2, 0) is 6.54 Å². The van der Waals surface area contributed by atoms with Crippen LogP contribution in [0.4, 0.5) is 10.5 Å². The molecule has 4 aromatic rings. The number of carbonyl (C=O) groups excluding carboxylic acids is 2. The monoisotopic (exact) mass is 497 g/mol. The molecule has 1 unspecified atom stereocenters. The Morgan fingerprint density at radius 2 is 1.95 bits per heavy atom. The molecule has 188 valence electrons. The summed E-state index contributed by atoms with van der Waals surface area (Å²) in [6.07, 6.45) is 1.62. The molecule has 1 fully saturated rings. The number of benzene rings is 2. The third-order valence-electron chi connectivity index (χ3n) is 6.64. The van der Waals surface area contributed by atoms with Gasteiger partial charge in [0.2, 0.25) is 5.71 Å². The van der Waals surface area contributed by atoms with Crippen molar-refractivity contribution in [2.24, 2.45) is 0 Å². The molecule has 0 bridgehead atoms. The lowest BCUT2D eigenvalue weighted by atomic mass is 10.1. The zero-order valence-corrected chi connectivity index (χ0v) is 20.7. The maximum atomic E-state index is 13.7. The van der Waals surface area contributed by atoms with E-state index in [1.165, 1.54) is 0 Å². The summed E-state index contributed by atoms with van der Waals surface area (Å²) in [5.74, 6) is 0.644. The van der Waals surface area contributed by atoms with Crippen LogP contribution in [0.2, 0.25) is 0 Å². The molecular formula is C28H27N5O4. The van der Waals surface area contributed by atoms with Crippen LogP contribution >= 0.6 is 0 Å². The van der Waals surface area contributed by atoms with Crippen molar-refractivity contribution in [2.45, 2.75) is 19.5 Å². The number of anilines is 1. The number of fused-ring (bicyclic) bond motifs is 1. The topological polar surface area (TPSA) is 104 Å². The second-order valence-electron chi connectivity index (χ2n) is 9.06. The molecule has 1 saturated heterocycles. The number of aromatic nitrogens is 1. The van der Waals surface area contributed by atoms with Gasteiger partial charge >= 0.3 is 6.03 Å². The summed E-state index contributed by atoms with van der Waals surface area (Å²) in [5.41, 5.74) is 3.31. The van der Waals surface area contributed by atoms with E-state index in [1.807, 2.05) is 47.9 Å². The summed E-state index contributed by atoms with van der Waals surface area (Å²) in [6.45, 7) is 3.61. The molecule has 3 amide bonds. The van der Waals surface area contributed by atoms with Crippen molar-refractivity contribution in [1.29, 1.82) is 5.26 Å². The summed E-state index contributed by atoms with van der Waals surface area (Å²) in [6, 6.07) is 19.8. The van der Waals surface area contributed by atoms with Crippen LogP contribution in [-0.4, -0.2) is 59.1 Å². The Morgan fingerprint density at radius 3 is 2.68 bits per heavy atom. The Morgan fingerprint density at radius 1 is 1.14 bits per heavy atom. The highest BCUT2D eigenvalue weighted by atomic mass is 16.5. The van der Waals surface area contributed by atoms with Crippen LogP contribution in [0.1, 0.15) is 28.5 Å². The largest absolute Gasteiger partial charge is 0.497 e. The van der Waals surface area contributed by atoms with Crippen LogP contribution in [0.25, 0.3) is 11.1 Å². The van der Waals surface area contributed by atoms with Gasteiger partial charge < -0.3 is 28.8 Å². The second-order valence-corrected chi connectivity index (χ2v) is 9.06. The van der Waals surface area contributed by atoms with E-state index in [0.29, 0.717) is 48.8 Å². The summed E-state index contributed by atoms with van der Waals surface area (Å²) in [5, 5.41) is 12.7. The number of carbonyl (C=O) groups is 2. The van der Waals surface area contributed by atoms with Gasteiger partial charge in [-0.2, -0.15) is 5.26 Å². The number of hydrogen-bond donors (Lipinski definition) is 1. The van der Waals surface area contributed by atoms with Gasteiger partial charge in [-0.25, -0.2) is 4.79 Å². The molecule has 1 atom stereocenters. The van der Waals surface area contributed by atoms with Crippen LogP contribution in [0.5, 0.6) is 5.75 Å². The van der Waals surface area contributed by atoms with Gasteiger partial charge in [0, 0.05) is 36.7 Å².